The minimum atomic E-state index is 0.0812. The van der Waals surface area contributed by atoms with Gasteiger partial charge in [-0.15, -0.1) is 0 Å². The Bertz CT molecular complexity index is 802. The van der Waals surface area contributed by atoms with Crippen LogP contribution in [-0.2, 0) is 7.05 Å². The lowest BCUT2D eigenvalue weighted by Gasteiger charge is -2.05. The van der Waals surface area contributed by atoms with E-state index in [1.165, 1.54) is 0 Å². The standard InChI is InChI=1S/C18H16N2O/c1-13(21)14-5-3-6-15(11-14)16-7-4-8-17(12-16)18-9-10-20(2)19-18/h3-12H,1-2H3. The van der Waals surface area contributed by atoms with Gasteiger partial charge in [-0.05, 0) is 36.2 Å². The lowest BCUT2D eigenvalue weighted by atomic mass is 9.99. The van der Waals surface area contributed by atoms with E-state index in [9.17, 15) is 4.79 Å². The molecule has 3 aromatic rings. The third-order valence-electron chi connectivity index (χ3n) is 3.47. The van der Waals surface area contributed by atoms with E-state index in [0.717, 1.165) is 27.9 Å². The van der Waals surface area contributed by atoms with E-state index in [4.69, 9.17) is 0 Å². The normalized spacial score (nSPS) is 10.6. The summed E-state index contributed by atoms with van der Waals surface area (Å²) >= 11 is 0. The molecule has 0 spiro atoms. The van der Waals surface area contributed by atoms with E-state index in [1.807, 2.05) is 61.8 Å². The van der Waals surface area contributed by atoms with Crippen LogP contribution in [0.3, 0.4) is 0 Å². The maximum absolute atomic E-state index is 11.5. The molecule has 0 saturated carbocycles. The summed E-state index contributed by atoms with van der Waals surface area (Å²) in [6.07, 6.45) is 1.93. The average molecular weight is 276 g/mol. The van der Waals surface area contributed by atoms with E-state index >= 15 is 0 Å². The van der Waals surface area contributed by atoms with Crippen molar-refractivity contribution in [3.05, 3.63) is 66.4 Å². The van der Waals surface area contributed by atoms with Crippen LogP contribution in [0.4, 0.5) is 0 Å². The number of carbonyl (C=O) groups excluding carboxylic acids is 1. The molecule has 1 heterocycles. The van der Waals surface area contributed by atoms with Crippen LogP contribution in [0, 0.1) is 0 Å². The molecule has 0 amide bonds. The number of aromatic nitrogens is 2. The van der Waals surface area contributed by atoms with E-state index in [2.05, 4.69) is 11.2 Å². The van der Waals surface area contributed by atoms with Gasteiger partial charge in [0.2, 0.25) is 0 Å². The first-order chi connectivity index (χ1) is 10.1. The highest BCUT2D eigenvalue weighted by atomic mass is 16.1. The average Bonchev–Trinajstić information content (AvgIpc) is 2.94. The number of benzene rings is 2. The topological polar surface area (TPSA) is 34.9 Å². The van der Waals surface area contributed by atoms with Gasteiger partial charge in [-0.3, -0.25) is 9.48 Å². The maximum Gasteiger partial charge on any atom is 0.159 e. The molecule has 3 nitrogen and oxygen atoms in total. The highest BCUT2D eigenvalue weighted by Crippen LogP contribution is 2.26. The van der Waals surface area contributed by atoms with E-state index in [0.29, 0.717) is 0 Å². The summed E-state index contributed by atoms with van der Waals surface area (Å²) < 4.78 is 1.79. The van der Waals surface area contributed by atoms with Crippen LogP contribution < -0.4 is 0 Å². The summed E-state index contributed by atoms with van der Waals surface area (Å²) in [5.74, 6) is 0.0812. The predicted molar refractivity (Wildman–Crippen MR) is 84.1 cm³/mol. The zero-order valence-electron chi connectivity index (χ0n) is 12.1. The molecular weight excluding hydrogens is 260 g/mol. The molecular formula is C18H16N2O. The molecule has 0 aliphatic carbocycles. The van der Waals surface area contributed by atoms with Gasteiger partial charge < -0.3 is 0 Å². The molecule has 0 saturated heterocycles. The number of hydrogen-bond acceptors (Lipinski definition) is 2. The minimum absolute atomic E-state index is 0.0812. The van der Waals surface area contributed by atoms with Crippen molar-refractivity contribution in [3.8, 4) is 22.4 Å². The van der Waals surface area contributed by atoms with Crippen LogP contribution in [0.2, 0.25) is 0 Å². The molecule has 0 N–H and O–H groups in total. The summed E-state index contributed by atoms with van der Waals surface area (Å²) in [4.78, 5) is 11.5. The Kier molecular flexibility index (Phi) is 3.40. The fourth-order valence-electron chi connectivity index (χ4n) is 2.34. The van der Waals surface area contributed by atoms with Gasteiger partial charge in [0.05, 0.1) is 5.69 Å². The van der Waals surface area contributed by atoms with Crippen LogP contribution in [0.5, 0.6) is 0 Å². The van der Waals surface area contributed by atoms with E-state index in [-0.39, 0.29) is 5.78 Å². The lowest BCUT2D eigenvalue weighted by molar-refractivity contribution is 0.101. The number of aryl methyl sites for hydroxylation is 1. The second-order valence-electron chi connectivity index (χ2n) is 5.09. The number of hydrogen-bond donors (Lipinski definition) is 0. The van der Waals surface area contributed by atoms with Gasteiger partial charge in [-0.25, -0.2) is 0 Å². The Labute approximate surface area is 123 Å². The van der Waals surface area contributed by atoms with E-state index < -0.39 is 0 Å². The van der Waals surface area contributed by atoms with Crippen molar-refractivity contribution in [2.24, 2.45) is 7.05 Å². The molecule has 1 aromatic heterocycles. The summed E-state index contributed by atoms with van der Waals surface area (Å²) in [7, 11) is 1.91. The molecule has 3 heteroatoms. The van der Waals surface area contributed by atoms with E-state index in [1.54, 1.807) is 11.6 Å². The van der Waals surface area contributed by atoms with Crippen LogP contribution >= 0.6 is 0 Å². The Morgan fingerprint density at radius 3 is 2.29 bits per heavy atom. The molecule has 0 aliphatic heterocycles. The first-order valence-corrected chi connectivity index (χ1v) is 6.85. The summed E-state index contributed by atoms with van der Waals surface area (Å²) in [6, 6.07) is 17.9. The summed E-state index contributed by atoms with van der Waals surface area (Å²) in [5, 5.41) is 4.42. The molecule has 0 atom stereocenters. The molecule has 0 bridgehead atoms. The third-order valence-corrected chi connectivity index (χ3v) is 3.47. The number of nitrogens with zero attached hydrogens (tertiary/aromatic N) is 2. The van der Waals surface area contributed by atoms with Crippen molar-refractivity contribution in [1.29, 1.82) is 0 Å². The zero-order valence-corrected chi connectivity index (χ0v) is 12.1. The summed E-state index contributed by atoms with van der Waals surface area (Å²) in [5.41, 5.74) is 4.88. The van der Waals surface area contributed by atoms with Crippen molar-refractivity contribution in [3.63, 3.8) is 0 Å². The number of rotatable bonds is 3. The Hall–Kier alpha value is -2.68. The first-order valence-electron chi connectivity index (χ1n) is 6.85. The number of Topliss-reactive ketones (excluding diaryl/α,β-unsaturated/α-hetero) is 1. The second kappa shape index (κ2) is 5.37. The molecule has 0 unspecified atom stereocenters. The molecule has 0 aliphatic rings. The van der Waals surface area contributed by atoms with Crippen molar-refractivity contribution < 1.29 is 4.79 Å². The monoisotopic (exact) mass is 276 g/mol. The first kappa shape index (κ1) is 13.3. The van der Waals surface area contributed by atoms with Crippen molar-refractivity contribution in [2.45, 2.75) is 6.92 Å². The quantitative estimate of drug-likeness (QED) is 0.679. The van der Waals surface area contributed by atoms with Crippen LogP contribution in [0.1, 0.15) is 17.3 Å². The smallest absolute Gasteiger partial charge is 0.159 e. The molecule has 2 aromatic carbocycles. The summed E-state index contributed by atoms with van der Waals surface area (Å²) in [6.45, 7) is 1.59. The molecule has 21 heavy (non-hydrogen) atoms. The number of carbonyl (C=O) groups is 1. The third kappa shape index (κ3) is 2.77. The molecule has 3 rings (SSSR count). The Morgan fingerprint density at radius 1 is 0.952 bits per heavy atom. The predicted octanol–water partition coefficient (Wildman–Crippen LogP) is 3.96. The fraction of sp³-hybridized carbons (Fsp3) is 0.111. The van der Waals surface area contributed by atoms with Crippen molar-refractivity contribution in [1.82, 2.24) is 9.78 Å². The Morgan fingerprint density at radius 2 is 1.62 bits per heavy atom. The van der Waals surface area contributed by atoms with Gasteiger partial charge in [0, 0.05) is 24.4 Å². The fourth-order valence-corrected chi connectivity index (χ4v) is 2.34. The SMILES string of the molecule is CC(=O)c1cccc(-c2cccc(-c3ccn(C)n3)c2)c1. The number of ketones is 1. The van der Waals surface area contributed by atoms with Crippen LogP contribution in [-0.4, -0.2) is 15.6 Å². The van der Waals surface area contributed by atoms with Gasteiger partial charge in [0.25, 0.3) is 0 Å². The highest BCUT2D eigenvalue weighted by Gasteiger charge is 2.06. The Balaban J connectivity index is 2.03. The second-order valence-corrected chi connectivity index (χ2v) is 5.09. The minimum Gasteiger partial charge on any atom is -0.295 e. The molecule has 0 fully saturated rings. The van der Waals surface area contributed by atoms with Gasteiger partial charge >= 0.3 is 0 Å². The molecule has 104 valence electrons. The van der Waals surface area contributed by atoms with Crippen LogP contribution in [0.25, 0.3) is 22.4 Å². The molecule has 0 radical (unpaired) electrons. The van der Waals surface area contributed by atoms with Gasteiger partial charge in [-0.2, -0.15) is 5.10 Å². The highest BCUT2D eigenvalue weighted by molar-refractivity contribution is 5.95. The van der Waals surface area contributed by atoms with Crippen LogP contribution in [0.15, 0.2) is 60.8 Å². The zero-order chi connectivity index (χ0) is 14.8. The van der Waals surface area contributed by atoms with Gasteiger partial charge in [-0.1, -0.05) is 36.4 Å². The lowest BCUT2D eigenvalue weighted by Crippen LogP contribution is -1.92. The van der Waals surface area contributed by atoms with Gasteiger partial charge in [0.15, 0.2) is 5.78 Å². The maximum atomic E-state index is 11.5. The van der Waals surface area contributed by atoms with Crippen molar-refractivity contribution in [2.75, 3.05) is 0 Å². The van der Waals surface area contributed by atoms with Crippen molar-refractivity contribution >= 4 is 5.78 Å². The van der Waals surface area contributed by atoms with Gasteiger partial charge in [0.1, 0.15) is 0 Å². The largest absolute Gasteiger partial charge is 0.295 e.